The zero-order valence-corrected chi connectivity index (χ0v) is 14.4. The summed E-state index contributed by atoms with van der Waals surface area (Å²) in [7, 11) is 0. The molecular formula is C20H19N3O3. The van der Waals surface area contributed by atoms with Gasteiger partial charge >= 0.3 is 5.97 Å². The summed E-state index contributed by atoms with van der Waals surface area (Å²) in [5, 5.41) is 9.44. The number of hydrogen-bond acceptors (Lipinski definition) is 4. The number of aryl methyl sites for hydroxylation is 1. The van der Waals surface area contributed by atoms with E-state index in [1.54, 1.807) is 12.1 Å². The Morgan fingerprint density at radius 1 is 1.08 bits per heavy atom. The molecule has 0 saturated carbocycles. The van der Waals surface area contributed by atoms with Crippen LogP contribution < -0.4 is 5.32 Å². The Morgan fingerprint density at radius 3 is 2.65 bits per heavy atom. The molecule has 0 aliphatic carbocycles. The second-order valence-electron chi connectivity index (χ2n) is 5.71. The van der Waals surface area contributed by atoms with Crippen molar-refractivity contribution in [3.63, 3.8) is 0 Å². The minimum Gasteiger partial charge on any atom is -0.451 e. The normalized spacial score (nSPS) is 10.3. The van der Waals surface area contributed by atoms with E-state index >= 15 is 0 Å². The first-order chi connectivity index (χ1) is 12.7. The molecule has 0 unspecified atom stereocenters. The van der Waals surface area contributed by atoms with Crippen LogP contribution in [0.15, 0.2) is 60.7 Å². The summed E-state index contributed by atoms with van der Waals surface area (Å²) in [5.74, 6) is -1.02. The van der Waals surface area contributed by atoms with Gasteiger partial charge in [0.2, 0.25) is 0 Å². The predicted molar refractivity (Wildman–Crippen MR) is 98.8 cm³/mol. The van der Waals surface area contributed by atoms with E-state index in [0.717, 1.165) is 17.5 Å². The van der Waals surface area contributed by atoms with Gasteiger partial charge in [-0.2, -0.15) is 5.10 Å². The molecule has 3 aromatic rings. The van der Waals surface area contributed by atoms with E-state index < -0.39 is 11.9 Å². The second kappa shape index (κ2) is 8.11. The third-order valence-electron chi connectivity index (χ3n) is 3.82. The van der Waals surface area contributed by atoms with Gasteiger partial charge in [-0.15, -0.1) is 0 Å². The number of carbonyl (C=O) groups is 2. The van der Waals surface area contributed by atoms with Crippen molar-refractivity contribution in [3.05, 3.63) is 71.9 Å². The zero-order valence-electron chi connectivity index (χ0n) is 14.4. The molecule has 6 nitrogen and oxygen atoms in total. The van der Waals surface area contributed by atoms with E-state index in [-0.39, 0.29) is 12.3 Å². The molecule has 0 fully saturated rings. The minimum atomic E-state index is -0.628. The Balaban J connectivity index is 1.55. The van der Waals surface area contributed by atoms with Crippen LogP contribution in [0, 0.1) is 0 Å². The van der Waals surface area contributed by atoms with Gasteiger partial charge in [0.25, 0.3) is 5.91 Å². The van der Waals surface area contributed by atoms with Gasteiger partial charge in [-0.05, 0) is 30.2 Å². The van der Waals surface area contributed by atoms with Crippen molar-refractivity contribution < 1.29 is 14.3 Å². The van der Waals surface area contributed by atoms with Gasteiger partial charge in [0.1, 0.15) is 5.69 Å². The molecule has 0 aliphatic heterocycles. The molecule has 1 heterocycles. The number of aromatic nitrogens is 2. The van der Waals surface area contributed by atoms with Crippen molar-refractivity contribution >= 4 is 17.6 Å². The molecule has 0 aliphatic rings. The van der Waals surface area contributed by atoms with Gasteiger partial charge in [0.15, 0.2) is 6.61 Å². The smallest absolute Gasteiger partial charge is 0.356 e. The highest BCUT2D eigenvalue weighted by Crippen LogP contribution is 2.17. The maximum absolute atomic E-state index is 12.1. The van der Waals surface area contributed by atoms with Gasteiger partial charge in [-0.25, -0.2) is 4.79 Å². The van der Waals surface area contributed by atoms with Crippen LogP contribution >= 0.6 is 0 Å². The molecule has 6 heteroatoms. The van der Waals surface area contributed by atoms with Gasteiger partial charge in [0, 0.05) is 11.3 Å². The lowest BCUT2D eigenvalue weighted by Crippen LogP contribution is -2.21. The monoisotopic (exact) mass is 349 g/mol. The minimum absolute atomic E-state index is 0.199. The van der Waals surface area contributed by atoms with E-state index in [4.69, 9.17) is 4.74 Å². The summed E-state index contributed by atoms with van der Waals surface area (Å²) in [6, 6.07) is 18.6. The van der Waals surface area contributed by atoms with Crippen molar-refractivity contribution in [2.45, 2.75) is 13.3 Å². The molecule has 1 amide bonds. The molecular weight excluding hydrogens is 330 g/mol. The first-order valence-corrected chi connectivity index (χ1v) is 8.32. The lowest BCUT2D eigenvalue weighted by atomic mass is 10.1. The van der Waals surface area contributed by atoms with Crippen molar-refractivity contribution in [1.82, 2.24) is 10.2 Å². The lowest BCUT2D eigenvalue weighted by molar-refractivity contribution is -0.119. The number of ether oxygens (including phenoxy) is 1. The van der Waals surface area contributed by atoms with E-state index in [9.17, 15) is 9.59 Å². The first kappa shape index (κ1) is 17.4. The quantitative estimate of drug-likeness (QED) is 0.668. The average molecular weight is 349 g/mol. The van der Waals surface area contributed by atoms with Crippen LogP contribution in [0.2, 0.25) is 0 Å². The molecule has 1 aromatic heterocycles. The number of anilines is 1. The molecule has 2 aromatic carbocycles. The van der Waals surface area contributed by atoms with Crippen LogP contribution in [0.5, 0.6) is 0 Å². The Bertz CT molecular complexity index is 903. The number of H-pyrrole nitrogens is 1. The van der Waals surface area contributed by atoms with Crippen molar-refractivity contribution in [3.8, 4) is 11.3 Å². The zero-order chi connectivity index (χ0) is 18.4. The summed E-state index contributed by atoms with van der Waals surface area (Å²) < 4.78 is 5.05. The predicted octanol–water partition coefficient (Wildman–Crippen LogP) is 3.43. The molecule has 0 radical (unpaired) electrons. The van der Waals surface area contributed by atoms with Crippen LogP contribution in [0.25, 0.3) is 11.3 Å². The van der Waals surface area contributed by atoms with Crippen LogP contribution in [0.4, 0.5) is 5.69 Å². The Morgan fingerprint density at radius 2 is 1.88 bits per heavy atom. The summed E-state index contributed by atoms with van der Waals surface area (Å²) in [4.78, 5) is 24.0. The fourth-order valence-electron chi connectivity index (χ4n) is 2.46. The van der Waals surface area contributed by atoms with Crippen LogP contribution in [0.3, 0.4) is 0 Å². The second-order valence-corrected chi connectivity index (χ2v) is 5.71. The molecule has 0 saturated heterocycles. The summed E-state index contributed by atoms with van der Waals surface area (Å²) >= 11 is 0. The van der Waals surface area contributed by atoms with Crippen molar-refractivity contribution in [2.24, 2.45) is 0 Å². The third kappa shape index (κ3) is 4.36. The molecule has 132 valence electrons. The first-order valence-electron chi connectivity index (χ1n) is 8.32. The van der Waals surface area contributed by atoms with Gasteiger partial charge in [0.05, 0.1) is 5.69 Å². The summed E-state index contributed by atoms with van der Waals surface area (Å²) in [5.41, 5.74) is 3.52. The fraction of sp³-hybridized carbons (Fsp3) is 0.150. The number of nitrogens with zero attached hydrogens (tertiary/aromatic N) is 1. The highest BCUT2D eigenvalue weighted by molar-refractivity contribution is 5.95. The number of carbonyl (C=O) groups excluding carboxylic acids is 2. The molecule has 0 atom stereocenters. The summed E-state index contributed by atoms with van der Waals surface area (Å²) in [6.07, 6.45) is 0.877. The van der Waals surface area contributed by atoms with Crippen molar-refractivity contribution in [2.75, 3.05) is 11.9 Å². The van der Waals surface area contributed by atoms with Gasteiger partial charge in [-0.3, -0.25) is 9.89 Å². The largest absolute Gasteiger partial charge is 0.451 e. The fourth-order valence-corrected chi connectivity index (χ4v) is 2.46. The molecule has 3 rings (SSSR count). The number of hydrogen-bond donors (Lipinski definition) is 2. The van der Waals surface area contributed by atoms with E-state index in [1.165, 1.54) is 0 Å². The molecule has 26 heavy (non-hydrogen) atoms. The van der Waals surface area contributed by atoms with E-state index in [0.29, 0.717) is 11.4 Å². The van der Waals surface area contributed by atoms with Crippen LogP contribution in [-0.4, -0.2) is 28.7 Å². The standard InChI is InChI=1S/C20H19N3O3/c1-2-14-7-6-10-16(11-14)21-19(24)13-26-20(25)18-12-17(22-23-18)15-8-4-3-5-9-15/h3-12H,2,13H2,1H3,(H,21,24)(H,22,23). The average Bonchev–Trinajstić information content (AvgIpc) is 3.17. The third-order valence-corrected chi connectivity index (χ3v) is 3.82. The lowest BCUT2D eigenvalue weighted by Gasteiger charge is -2.07. The van der Waals surface area contributed by atoms with E-state index in [2.05, 4.69) is 15.5 Å². The van der Waals surface area contributed by atoms with Gasteiger partial charge < -0.3 is 10.1 Å². The molecule has 2 N–H and O–H groups in total. The maximum Gasteiger partial charge on any atom is 0.356 e. The number of rotatable bonds is 6. The SMILES string of the molecule is CCc1cccc(NC(=O)COC(=O)c2cc(-c3ccccc3)n[nH]2)c1. The maximum atomic E-state index is 12.1. The Hall–Kier alpha value is -3.41. The van der Waals surface area contributed by atoms with Crippen LogP contribution in [0.1, 0.15) is 23.0 Å². The van der Waals surface area contributed by atoms with Crippen LogP contribution in [-0.2, 0) is 16.0 Å². The Labute approximate surface area is 151 Å². The number of benzene rings is 2. The topological polar surface area (TPSA) is 84.1 Å². The highest BCUT2D eigenvalue weighted by Gasteiger charge is 2.14. The molecule has 0 spiro atoms. The highest BCUT2D eigenvalue weighted by atomic mass is 16.5. The molecule has 0 bridgehead atoms. The summed E-state index contributed by atoms with van der Waals surface area (Å²) in [6.45, 7) is 1.67. The van der Waals surface area contributed by atoms with Gasteiger partial charge in [-0.1, -0.05) is 49.4 Å². The number of aromatic amines is 1. The van der Waals surface area contributed by atoms with Crippen molar-refractivity contribution in [1.29, 1.82) is 0 Å². The number of amides is 1. The van der Waals surface area contributed by atoms with E-state index in [1.807, 2.05) is 55.5 Å². The number of nitrogens with one attached hydrogen (secondary N) is 2. The number of esters is 1. The Kier molecular flexibility index (Phi) is 5.43.